The Morgan fingerprint density at radius 2 is 1.73 bits per heavy atom. The minimum absolute atomic E-state index is 0.0125. The Kier molecular flexibility index (Phi) is 5.98. The maximum atomic E-state index is 12.7. The summed E-state index contributed by atoms with van der Waals surface area (Å²) in [6.07, 6.45) is 0. The van der Waals surface area contributed by atoms with Gasteiger partial charge in [-0.3, -0.25) is 9.52 Å². The molecule has 0 spiro atoms. The van der Waals surface area contributed by atoms with Gasteiger partial charge < -0.3 is 10.1 Å². The lowest BCUT2D eigenvalue weighted by Crippen LogP contribution is -2.27. The van der Waals surface area contributed by atoms with Gasteiger partial charge in [0.15, 0.2) is 0 Å². The smallest absolute Gasteiger partial charge is 0.265 e. The number of hydrogen-bond acceptors (Lipinski definition) is 4. The number of nitrogens with one attached hydrogen (secondary N) is 2. The second-order valence-electron chi connectivity index (χ2n) is 6.69. The van der Waals surface area contributed by atoms with E-state index in [0.717, 1.165) is 0 Å². The van der Waals surface area contributed by atoms with Crippen LogP contribution in [-0.2, 0) is 14.8 Å². The first kappa shape index (κ1) is 20.3. The molecule has 0 radical (unpaired) electrons. The summed E-state index contributed by atoms with van der Waals surface area (Å²) >= 11 is 3.27. The zero-order chi connectivity index (χ0) is 19.5. The van der Waals surface area contributed by atoms with Crippen LogP contribution in [0, 0.1) is 5.41 Å². The maximum Gasteiger partial charge on any atom is 0.265 e. The van der Waals surface area contributed by atoms with Gasteiger partial charge >= 0.3 is 0 Å². The average Bonchev–Trinajstić information content (AvgIpc) is 2.54. The van der Waals surface area contributed by atoms with Crippen molar-refractivity contribution in [1.29, 1.82) is 0 Å². The molecular formula is C18H21BrN2O4S. The van der Waals surface area contributed by atoms with Crippen LogP contribution in [0.5, 0.6) is 5.75 Å². The molecule has 2 aromatic rings. The quantitative estimate of drug-likeness (QED) is 0.727. The van der Waals surface area contributed by atoms with E-state index in [9.17, 15) is 13.2 Å². The van der Waals surface area contributed by atoms with Gasteiger partial charge in [0.05, 0.1) is 12.8 Å². The van der Waals surface area contributed by atoms with Gasteiger partial charge in [-0.2, -0.15) is 0 Å². The van der Waals surface area contributed by atoms with Crippen molar-refractivity contribution in [2.24, 2.45) is 5.41 Å². The Hall–Kier alpha value is -2.06. The van der Waals surface area contributed by atoms with Crippen LogP contribution in [0.4, 0.5) is 11.4 Å². The van der Waals surface area contributed by atoms with Gasteiger partial charge in [0.1, 0.15) is 10.6 Å². The minimum Gasteiger partial charge on any atom is -0.495 e. The number of halogens is 1. The molecule has 2 rings (SSSR count). The topological polar surface area (TPSA) is 84.5 Å². The van der Waals surface area contributed by atoms with Crippen LogP contribution < -0.4 is 14.8 Å². The van der Waals surface area contributed by atoms with Crippen molar-refractivity contribution in [3.63, 3.8) is 0 Å². The van der Waals surface area contributed by atoms with E-state index >= 15 is 0 Å². The molecule has 0 aliphatic rings. The molecule has 1 amide bonds. The normalized spacial score (nSPS) is 11.7. The molecule has 140 valence electrons. The van der Waals surface area contributed by atoms with Crippen molar-refractivity contribution in [3.8, 4) is 5.75 Å². The number of ether oxygens (including phenoxy) is 1. The second kappa shape index (κ2) is 7.67. The fourth-order valence-electron chi connectivity index (χ4n) is 2.05. The average molecular weight is 441 g/mol. The molecule has 0 fully saturated rings. The summed E-state index contributed by atoms with van der Waals surface area (Å²) in [4.78, 5) is 12.1. The molecule has 2 N–H and O–H groups in total. The molecule has 0 unspecified atom stereocenters. The monoisotopic (exact) mass is 440 g/mol. The summed E-state index contributed by atoms with van der Waals surface area (Å²) in [7, 11) is -2.46. The van der Waals surface area contributed by atoms with E-state index in [1.54, 1.807) is 57.2 Å². The lowest BCUT2D eigenvalue weighted by molar-refractivity contribution is -0.123. The summed E-state index contributed by atoms with van der Waals surface area (Å²) in [5.74, 6) is 0.0732. The van der Waals surface area contributed by atoms with Crippen LogP contribution in [0.15, 0.2) is 51.8 Å². The van der Waals surface area contributed by atoms with E-state index in [-0.39, 0.29) is 16.6 Å². The van der Waals surface area contributed by atoms with Crippen molar-refractivity contribution in [3.05, 3.63) is 46.9 Å². The molecule has 8 heteroatoms. The van der Waals surface area contributed by atoms with Gasteiger partial charge in [0.25, 0.3) is 10.0 Å². The number of sulfonamides is 1. The van der Waals surface area contributed by atoms with E-state index in [1.165, 1.54) is 13.2 Å². The van der Waals surface area contributed by atoms with Crippen LogP contribution in [0.1, 0.15) is 20.8 Å². The second-order valence-corrected chi connectivity index (χ2v) is 9.25. The number of hydrogen-bond donors (Lipinski definition) is 2. The number of anilines is 2. The summed E-state index contributed by atoms with van der Waals surface area (Å²) in [5.41, 5.74) is 0.282. The van der Waals surface area contributed by atoms with E-state index in [0.29, 0.717) is 15.8 Å². The third-order valence-corrected chi connectivity index (χ3v) is 5.36. The summed E-state index contributed by atoms with van der Waals surface area (Å²) < 4.78 is 33.7. The highest BCUT2D eigenvalue weighted by molar-refractivity contribution is 9.10. The van der Waals surface area contributed by atoms with Gasteiger partial charge in [0, 0.05) is 15.6 Å². The molecule has 0 aliphatic carbocycles. The maximum absolute atomic E-state index is 12.7. The minimum atomic E-state index is -3.87. The first-order chi connectivity index (χ1) is 12.0. The number of methoxy groups -OCH3 is 1. The van der Waals surface area contributed by atoms with E-state index in [2.05, 4.69) is 26.0 Å². The van der Waals surface area contributed by atoms with Gasteiger partial charge in [-0.15, -0.1) is 0 Å². The number of rotatable bonds is 5. The number of carbonyl (C=O) groups excluding carboxylic acids is 1. The Morgan fingerprint density at radius 1 is 1.08 bits per heavy atom. The molecule has 0 heterocycles. The highest BCUT2D eigenvalue weighted by Crippen LogP contribution is 2.29. The fourth-order valence-corrected chi connectivity index (χ4v) is 3.81. The first-order valence-electron chi connectivity index (χ1n) is 7.81. The predicted octanol–water partition coefficient (Wildman–Crippen LogP) is 4.24. The fraction of sp³-hybridized carbons (Fsp3) is 0.278. The Balaban J connectivity index is 2.30. The molecule has 0 atom stereocenters. The summed E-state index contributed by atoms with van der Waals surface area (Å²) in [6, 6.07) is 11.3. The van der Waals surface area contributed by atoms with Crippen molar-refractivity contribution in [2.75, 3.05) is 17.1 Å². The largest absolute Gasteiger partial charge is 0.495 e. The van der Waals surface area contributed by atoms with Crippen LogP contribution in [0.3, 0.4) is 0 Å². The van der Waals surface area contributed by atoms with Gasteiger partial charge in [-0.1, -0.05) is 42.8 Å². The molecule has 26 heavy (non-hydrogen) atoms. The molecular weight excluding hydrogens is 420 g/mol. The molecule has 0 bridgehead atoms. The van der Waals surface area contributed by atoms with Crippen LogP contribution >= 0.6 is 15.9 Å². The molecule has 0 saturated heterocycles. The molecule has 0 aromatic heterocycles. The lowest BCUT2D eigenvalue weighted by atomic mass is 9.95. The molecule has 6 nitrogen and oxygen atoms in total. The first-order valence-corrected chi connectivity index (χ1v) is 10.1. The van der Waals surface area contributed by atoms with E-state index in [1.807, 2.05) is 0 Å². The van der Waals surface area contributed by atoms with Crippen molar-refractivity contribution in [2.45, 2.75) is 25.7 Å². The zero-order valence-electron chi connectivity index (χ0n) is 15.0. The lowest BCUT2D eigenvalue weighted by Gasteiger charge is -2.18. The number of benzene rings is 2. The van der Waals surface area contributed by atoms with Crippen molar-refractivity contribution in [1.82, 2.24) is 0 Å². The van der Waals surface area contributed by atoms with Gasteiger partial charge in [-0.25, -0.2) is 8.42 Å². The highest BCUT2D eigenvalue weighted by atomic mass is 79.9. The number of carbonyl (C=O) groups is 1. The standard InChI is InChI=1S/C18H21BrN2O4S/c1-18(2,3)17(22)20-13-6-5-7-14(11-13)21-26(23,24)16-10-12(19)8-9-15(16)25-4/h5-11,21H,1-4H3,(H,20,22). The third kappa shape index (κ3) is 4.98. The zero-order valence-corrected chi connectivity index (χ0v) is 17.4. The number of amides is 1. The Labute approximate surface area is 162 Å². The van der Waals surface area contributed by atoms with Crippen LogP contribution in [-0.4, -0.2) is 21.4 Å². The molecule has 0 aliphatic heterocycles. The van der Waals surface area contributed by atoms with Gasteiger partial charge in [0.2, 0.25) is 5.91 Å². The summed E-state index contributed by atoms with van der Waals surface area (Å²) in [5, 5.41) is 2.77. The van der Waals surface area contributed by atoms with Crippen LogP contribution in [0.25, 0.3) is 0 Å². The SMILES string of the molecule is COc1ccc(Br)cc1S(=O)(=O)Nc1cccc(NC(=O)C(C)(C)C)c1. The highest BCUT2D eigenvalue weighted by Gasteiger charge is 2.22. The molecule has 0 saturated carbocycles. The van der Waals surface area contributed by atoms with Crippen LogP contribution in [0.2, 0.25) is 0 Å². The Bertz CT molecular complexity index is 921. The van der Waals surface area contributed by atoms with E-state index < -0.39 is 15.4 Å². The predicted molar refractivity (Wildman–Crippen MR) is 106 cm³/mol. The van der Waals surface area contributed by atoms with Gasteiger partial charge in [-0.05, 0) is 36.4 Å². The Morgan fingerprint density at radius 3 is 2.35 bits per heavy atom. The molecule has 2 aromatic carbocycles. The van der Waals surface area contributed by atoms with E-state index in [4.69, 9.17) is 4.74 Å². The van der Waals surface area contributed by atoms with Crippen molar-refractivity contribution < 1.29 is 17.9 Å². The van der Waals surface area contributed by atoms with Crippen molar-refractivity contribution >= 4 is 43.2 Å². The summed E-state index contributed by atoms with van der Waals surface area (Å²) in [6.45, 7) is 5.40. The third-order valence-electron chi connectivity index (χ3n) is 3.47.